The van der Waals surface area contributed by atoms with E-state index in [4.69, 9.17) is 16.3 Å². The lowest BCUT2D eigenvalue weighted by Crippen LogP contribution is -2.35. The molecule has 0 saturated carbocycles. The zero-order chi connectivity index (χ0) is 13.8. The fourth-order valence-electron chi connectivity index (χ4n) is 1.45. The van der Waals surface area contributed by atoms with Crippen molar-refractivity contribution in [2.24, 2.45) is 0 Å². The Hall–Kier alpha value is -1.29. The van der Waals surface area contributed by atoms with Gasteiger partial charge in [0.1, 0.15) is 5.60 Å². The number of nitrogens with zero attached hydrogens (tertiary/aromatic N) is 1. The third-order valence-corrected chi connectivity index (χ3v) is 2.43. The molecule has 0 radical (unpaired) electrons. The molecule has 0 saturated heterocycles. The van der Waals surface area contributed by atoms with Crippen molar-refractivity contribution in [3.63, 3.8) is 0 Å². The molecule has 1 rings (SSSR count). The van der Waals surface area contributed by atoms with Crippen LogP contribution in [0.1, 0.15) is 45.9 Å². The van der Waals surface area contributed by atoms with E-state index in [-0.39, 0.29) is 6.04 Å². The van der Waals surface area contributed by atoms with Crippen LogP contribution >= 0.6 is 11.6 Å². The number of amides is 1. The topological polar surface area (TPSA) is 51.2 Å². The van der Waals surface area contributed by atoms with E-state index in [0.717, 1.165) is 5.69 Å². The Labute approximate surface area is 113 Å². The minimum Gasteiger partial charge on any atom is -0.444 e. The molecule has 1 heterocycles. The number of hydrogen-bond donors (Lipinski definition) is 1. The second-order valence-corrected chi connectivity index (χ2v) is 5.44. The number of halogens is 1. The number of rotatable bonds is 3. The Bertz CT molecular complexity index is 416. The number of nitrogens with one attached hydrogen (secondary N) is 1. The van der Waals surface area contributed by atoms with Gasteiger partial charge in [-0.25, -0.2) is 4.79 Å². The quantitative estimate of drug-likeness (QED) is 0.911. The largest absolute Gasteiger partial charge is 0.444 e. The molecule has 5 heteroatoms. The van der Waals surface area contributed by atoms with Crippen LogP contribution in [0.2, 0.25) is 5.02 Å². The molecule has 1 aromatic rings. The fraction of sp³-hybridized carbons (Fsp3) is 0.538. The van der Waals surface area contributed by atoms with Crippen LogP contribution in [0.3, 0.4) is 0 Å². The van der Waals surface area contributed by atoms with Crippen LogP contribution in [0.15, 0.2) is 18.3 Å². The van der Waals surface area contributed by atoms with Gasteiger partial charge in [0.2, 0.25) is 0 Å². The summed E-state index contributed by atoms with van der Waals surface area (Å²) in [6.07, 6.45) is 1.89. The summed E-state index contributed by atoms with van der Waals surface area (Å²) in [7, 11) is 0. The van der Waals surface area contributed by atoms with Crippen molar-refractivity contribution in [3.8, 4) is 0 Å². The highest BCUT2D eigenvalue weighted by Crippen LogP contribution is 2.18. The summed E-state index contributed by atoms with van der Waals surface area (Å²) < 4.78 is 5.21. The minimum atomic E-state index is -0.510. The Morgan fingerprint density at radius 1 is 1.56 bits per heavy atom. The van der Waals surface area contributed by atoms with Gasteiger partial charge in [-0.05, 0) is 39.3 Å². The molecule has 0 aromatic carbocycles. The highest BCUT2D eigenvalue weighted by atomic mass is 35.5. The van der Waals surface area contributed by atoms with Crippen LogP contribution in [0.4, 0.5) is 4.79 Å². The first-order chi connectivity index (χ1) is 8.31. The van der Waals surface area contributed by atoms with E-state index in [9.17, 15) is 4.79 Å². The zero-order valence-corrected chi connectivity index (χ0v) is 11.9. The van der Waals surface area contributed by atoms with Crippen LogP contribution < -0.4 is 5.32 Å². The van der Waals surface area contributed by atoms with Gasteiger partial charge in [0, 0.05) is 11.2 Å². The lowest BCUT2D eigenvalue weighted by molar-refractivity contribution is 0.0501. The van der Waals surface area contributed by atoms with Gasteiger partial charge in [0.25, 0.3) is 0 Å². The van der Waals surface area contributed by atoms with Crippen LogP contribution in [0.5, 0.6) is 0 Å². The highest BCUT2D eigenvalue weighted by molar-refractivity contribution is 6.30. The first kappa shape index (κ1) is 14.8. The average Bonchev–Trinajstić information content (AvgIpc) is 2.23. The summed E-state index contributed by atoms with van der Waals surface area (Å²) in [5.74, 6) is 0. The highest BCUT2D eigenvalue weighted by Gasteiger charge is 2.20. The van der Waals surface area contributed by atoms with Gasteiger partial charge in [0.15, 0.2) is 0 Å². The van der Waals surface area contributed by atoms with E-state index in [1.54, 1.807) is 18.3 Å². The molecule has 0 unspecified atom stereocenters. The zero-order valence-electron chi connectivity index (χ0n) is 11.2. The maximum atomic E-state index is 11.7. The lowest BCUT2D eigenvalue weighted by Gasteiger charge is -2.22. The number of aromatic nitrogens is 1. The van der Waals surface area contributed by atoms with Gasteiger partial charge in [-0.2, -0.15) is 0 Å². The van der Waals surface area contributed by atoms with E-state index < -0.39 is 11.7 Å². The van der Waals surface area contributed by atoms with Crippen LogP contribution in [0.25, 0.3) is 0 Å². The van der Waals surface area contributed by atoms with Crippen molar-refractivity contribution >= 4 is 17.7 Å². The lowest BCUT2D eigenvalue weighted by atomic mass is 10.1. The maximum absolute atomic E-state index is 11.7. The number of pyridine rings is 1. The Balaban J connectivity index is 2.71. The molecular formula is C13H19ClN2O2. The smallest absolute Gasteiger partial charge is 0.408 e. The molecule has 1 amide bonds. The summed E-state index contributed by atoms with van der Waals surface area (Å²) >= 11 is 5.90. The standard InChI is InChI=1S/C13H19ClN2O2/c1-5-10(11-8-9(14)6-7-15-11)16-12(17)18-13(2,3)4/h6-8,10H,5H2,1-4H3,(H,16,17)/t10-/m0/s1. The van der Waals surface area contributed by atoms with E-state index in [1.165, 1.54) is 0 Å². The number of carbonyl (C=O) groups is 1. The molecule has 0 spiro atoms. The molecule has 18 heavy (non-hydrogen) atoms. The van der Waals surface area contributed by atoms with Crippen molar-refractivity contribution in [1.82, 2.24) is 10.3 Å². The normalized spacial score (nSPS) is 12.9. The molecule has 1 atom stereocenters. The monoisotopic (exact) mass is 270 g/mol. The third-order valence-electron chi connectivity index (χ3n) is 2.20. The van der Waals surface area contributed by atoms with Crippen molar-refractivity contribution < 1.29 is 9.53 Å². The molecule has 1 N–H and O–H groups in total. The number of carbonyl (C=O) groups excluding carboxylic acids is 1. The van der Waals surface area contributed by atoms with Crippen molar-refractivity contribution in [2.45, 2.75) is 45.8 Å². The molecule has 0 bridgehead atoms. The molecule has 1 aromatic heterocycles. The second-order valence-electron chi connectivity index (χ2n) is 5.01. The van der Waals surface area contributed by atoms with Gasteiger partial charge in [0.05, 0.1) is 11.7 Å². The van der Waals surface area contributed by atoms with Gasteiger partial charge >= 0.3 is 6.09 Å². The summed E-state index contributed by atoms with van der Waals surface area (Å²) in [6.45, 7) is 7.44. The number of hydrogen-bond acceptors (Lipinski definition) is 3. The molecule has 4 nitrogen and oxygen atoms in total. The van der Waals surface area contributed by atoms with Gasteiger partial charge in [-0.15, -0.1) is 0 Å². The Kier molecular flexibility index (Phi) is 4.96. The summed E-state index contributed by atoms with van der Waals surface area (Å²) in [6, 6.07) is 3.25. The van der Waals surface area contributed by atoms with Gasteiger partial charge in [-0.3, -0.25) is 4.98 Å². The fourth-order valence-corrected chi connectivity index (χ4v) is 1.61. The van der Waals surface area contributed by atoms with Crippen LogP contribution in [-0.2, 0) is 4.74 Å². The first-order valence-electron chi connectivity index (χ1n) is 5.93. The minimum absolute atomic E-state index is 0.196. The summed E-state index contributed by atoms with van der Waals surface area (Å²) in [4.78, 5) is 15.9. The van der Waals surface area contributed by atoms with Crippen molar-refractivity contribution in [1.29, 1.82) is 0 Å². The summed E-state index contributed by atoms with van der Waals surface area (Å²) in [5.41, 5.74) is 0.222. The predicted molar refractivity (Wildman–Crippen MR) is 71.6 cm³/mol. The molecule has 100 valence electrons. The van der Waals surface area contributed by atoms with Crippen LogP contribution in [-0.4, -0.2) is 16.7 Å². The second kappa shape index (κ2) is 6.05. The first-order valence-corrected chi connectivity index (χ1v) is 6.30. The van der Waals surface area contributed by atoms with E-state index >= 15 is 0 Å². The maximum Gasteiger partial charge on any atom is 0.408 e. The molecule has 0 aliphatic heterocycles. The summed E-state index contributed by atoms with van der Waals surface area (Å²) in [5, 5.41) is 3.39. The van der Waals surface area contributed by atoms with E-state index in [2.05, 4.69) is 10.3 Å². The Morgan fingerprint density at radius 2 is 2.22 bits per heavy atom. The molecular weight excluding hydrogens is 252 g/mol. The van der Waals surface area contributed by atoms with E-state index in [1.807, 2.05) is 27.7 Å². The van der Waals surface area contributed by atoms with Crippen molar-refractivity contribution in [2.75, 3.05) is 0 Å². The number of alkyl carbamates (subject to hydrolysis) is 1. The predicted octanol–water partition coefficient (Wildman–Crippen LogP) is 3.71. The molecule has 0 fully saturated rings. The van der Waals surface area contributed by atoms with Gasteiger partial charge in [-0.1, -0.05) is 18.5 Å². The van der Waals surface area contributed by atoms with E-state index in [0.29, 0.717) is 11.4 Å². The number of ether oxygens (including phenoxy) is 1. The SMILES string of the molecule is CC[C@H](NC(=O)OC(C)(C)C)c1cc(Cl)ccn1. The average molecular weight is 271 g/mol. The van der Waals surface area contributed by atoms with Crippen molar-refractivity contribution in [3.05, 3.63) is 29.0 Å². The van der Waals surface area contributed by atoms with Crippen LogP contribution in [0, 0.1) is 0 Å². The van der Waals surface area contributed by atoms with Gasteiger partial charge < -0.3 is 10.1 Å². The molecule has 0 aliphatic carbocycles. The Morgan fingerprint density at radius 3 is 2.72 bits per heavy atom. The molecule has 0 aliphatic rings. The third kappa shape index (κ3) is 4.92.